The molecule has 2 heteroatoms. The van der Waals surface area contributed by atoms with E-state index in [1.165, 1.54) is 42.1 Å². The van der Waals surface area contributed by atoms with Gasteiger partial charge < -0.3 is 10.3 Å². The van der Waals surface area contributed by atoms with Crippen molar-refractivity contribution in [2.45, 2.75) is 39.2 Å². The molecule has 1 heterocycles. The van der Waals surface area contributed by atoms with E-state index >= 15 is 0 Å². The molecule has 2 N–H and O–H groups in total. The van der Waals surface area contributed by atoms with Gasteiger partial charge in [-0.2, -0.15) is 0 Å². The maximum atomic E-state index is 3.65. The van der Waals surface area contributed by atoms with Crippen LogP contribution in [0.3, 0.4) is 0 Å². The van der Waals surface area contributed by atoms with E-state index in [2.05, 4.69) is 41.5 Å². The van der Waals surface area contributed by atoms with Gasteiger partial charge in [-0.15, -0.1) is 0 Å². The molecule has 1 aliphatic carbocycles. The van der Waals surface area contributed by atoms with Gasteiger partial charge in [0.2, 0.25) is 0 Å². The largest absolute Gasteiger partial charge is 0.361 e. The highest BCUT2D eigenvalue weighted by Crippen LogP contribution is 2.36. The van der Waals surface area contributed by atoms with Gasteiger partial charge in [0.15, 0.2) is 0 Å². The third kappa shape index (κ3) is 2.30. The number of aromatic amines is 1. The van der Waals surface area contributed by atoms with Crippen LogP contribution in [-0.4, -0.2) is 11.5 Å². The minimum absolute atomic E-state index is 0.534. The number of H-pyrrole nitrogens is 1. The van der Waals surface area contributed by atoms with Gasteiger partial charge >= 0.3 is 0 Å². The second-order valence-corrected chi connectivity index (χ2v) is 5.98. The Morgan fingerprint density at radius 2 is 2.06 bits per heavy atom. The third-order valence-electron chi connectivity index (χ3n) is 4.36. The fourth-order valence-electron chi connectivity index (χ4n) is 3.21. The highest BCUT2D eigenvalue weighted by atomic mass is 14.9. The molecular weight excluding hydrogens is 220 g/mol. The van der Waals surface area contributed by atoms with Crippen molar-refractivity contribution < 1.29 is 0 Å². The molecule has 0 unspecified atom stereocenters. The summed E-state index contributed by atoms with van der Waals surface area (Å²) in [6, 6.07) is 8.66. The van der Waals surface area contributed by atoms with Gasteiger partial charge in [-0.25, -0.2) is 0 Å². The van der Waals surface area contributed by atoms with Crippen LogP contribution in [0.5, 0.6) is 0 Å². The van der Waals surface area contributed by atoms with Crippen molar-refractivity contribution in [3.05, 3.63) is 36.0 Å². The molecule has 0 atom stereocenters. The standard InChI is InChI=1S/C16H22N2/c1-16(8-2-3-9-16)12-17-11-13-5-4-6-15-14(13)7-10-18-15/h4-7,10,17-18H,2-3,8-9,11-12H2,1H3. The lowest BCUT2D eigenvalue weighted by atomic mass is 9.89. The Kier molecular flexibility index (Phi) is 3.13. The van der Waals surface area contributed by atoms with Gasteiger partial charge in [0.25, 0.3) is 0 Å². The van der Waals surface area contributed by atoms with Crippen LogP contribution in [0.25, 0.3) is 10.9 Å². The van der Waals surface area contributed by atoms with Crippen LogP contribution in [-0.2, 0) is 6.54 Å². The van der Waals surface area contributed by atoms with Gasteiger partial charge in [-0.05, 0) is 36.0 Å². The summed E-state index contributed by atoms with van der Waals surface area (Å²) in [6.07, 6.45) is 7.60. The lowest BCUT2D eigenvalue weighted by Crippen LogP contribution is -2.29. The average Bonchev–Trinajstić information content (AvgIpc) is 2.98. The molecule has 96 valence electrons. The summed E-state index contributed by atoms with van der Waals surface area (Å²) in [4.78, 5) is 3.27. The summed E-state index contributed by atoms with van der Waals surface area (Å²) >= 11 is 0. The van der Waals surface area contributed by atoms with Crippen molar-refractivity contribution in [3.63, 3.8) is 0 Å². The van der Waals surface area contributed by atoms with Crippen LogP contribution < -0.4 is 5.32 Å². The predicted molar refractivity (Wildman–Crippen MR) is 76.6 cm³/mol. The van der Waals surface area contributed by atoms with Crippen molar-refractivity contribution in [2.24, 2.45) is 5.41 Å². The van der Waals surface area contributed by atoms with E-state index in [4.69, 9.17) is 0 Å². The predicted octanol–water partition coefficient (Wildman–Crippen LogP) is 3.84. The molecule has 0 radical (unpaired) electrons. The Hall–Kier alpha value is -1.28. The molecule has 1 aromatic carbocycles. The van der Waals surface area contributed by atoms with Gasteiger partial charge in [0, 0.05) is 30.2 Å². The zero-order chi connectivity index (χ0) is 12.4. The zero-order valence-corrected chi connectivity index (χ0v) is 11.1. The van der Waals surface area contributed by atoms with Crippen molar-refractivity contribution in [3.8, 4) is 0 Å². The van der Waals surface area contributed by atoms with E-state index < -0.39 is 0 Å². The fourth-order valence-corrected chi connectivity index (χ4v) is 3.21. The summed E-state index contributed by atoms with van der Waals surface area (Å²) in [7, 11) is 0. The molecule has 1 saturated carbocycles. The summed E-state index contributed by atoms with van der Waals surface area (Å²) in [6.45, 7) is 4.54. The topological polar surface area (TPSA) is 27.8 Å². The van der Waals surface area contributed by atoms with Crippen LogP contribution in [0.1, 0.15) is 38.2 Å². The summed E-state index contributed by atoms with van der Waals surface area (Å²) in [5.41, 5.74) is 3.17. The van der Waals surface area contributed by atoms with Crippen LogP contribution in [0.2, 0.25) is 0 Å². The molecule has 0 saturated heterocycles. The van der Waals surface area contributed by atoms with Crippen LogP contribution >= 0.6 is 0 Å². The highest BCUT2D eigenvalue weighted by Gasteiger charge is 2.27. The third-order valence-corrected chi connectivity index (χ3v) is 4.36. The smallest absolute Gasteiger partial charge is 0.0457 e. The first-order chi connectivity index (χ1) is 8.77. The van der Waals surface area contributed by atoms with Crippen molar-refractivity contribution >= 4 is 10.9 Å². The number of fused-ring (bicyclic) bond motifs is 1. The van der Waals surface area contributed by atoms with Crippen molar-refractivity contribution in [1.29, 1.82) is 0 Å². The highest BCUT2D eigenvalue weighted by molar-refractivity contribution is 5.82. The molecule has 1 aromatic heterocycles. The molecule has 18 heavy (non-hydrogen) atoms. The Labute approximate surface area is 109 Å². The number of hydrogen-bond acceptors (Lipinski definition) is 1. The Balaban J connectivity index is 1.64. The first-order valence-electron chi connectivity index (χ1n) is 7.03. The SMILES string of the molecule is CC1(CNCc2cccc3[nH]ccc23)CCCC1. The molecule has 0 amide bonds. The van der Waals surface area contributed by atoms with Crippen molar-refractivity contribution in [2.75, 3.05) is 6.54 Å². The van der Waals surface area contributed by atoms with E-state index in [1.54, 1.807) is 0 Å². The Bertz CT molecular complexity index is 521. The number of benzene rings is 1. The van der Waals surface area contributed by atoms with Gasteiger partial charge in [0.05, 0.1) is 0 Å². The summed E-state index contributed by atoms with van der Waals surface area (Å²) in [5, 5.41) is 5.00. The van der Waals surface area contributed by atoms with Gasteiger partial charge in [-0.1, -0.05) is 31.9 Å². The van der Waals surface area contributed by atoms with E-state index in [9.17, 15) is 0 Å². The Morgan fingerprint density at radius 3 is 2.89 bits per heavy atom. The minimum atomic E-state index is 0.534. The van der Waals surface area contributed by atoms with Crippen LogP contribution in [0, 0.1) is 5.41 Å². The second-order valence-electron chi connectivity index (χ2n) is 5.98. The quantitative estimate of drug-likeness (QED) is 0.837. The summed E-state index contributed by atoms with van der Waals surface area (Å²) in [5.74, 6) is 0. The Morgan fingerprint density at radius 1 is 1.22 bits per heavy atom. The second kappa shape index (κ2) is 4.77. The van der Waals surface area contributed by atoms with E-state index in [0.717, 1.165) is 13.1 Å². The number of aromatic nitrogens is 1. The molecule has 3 rings (SSSR count). The fraction of sp³-hybridized carbons (Fsp3) is 0.500. The first-order valence-corrected chi connectivity index (χ1v) is 7.03. The molecule has 0 aliphatic heterocycles. The van der Waals surface area contributed by atoms with Crippen LogP contribution in [0.15, 0.2) is 30.5 Å². The molecule has 0 spiro atoms. The molecule has 0 bridgehead atoms. The van der Waals surface area contributed by atoms with Gasteiger partial charge in [-0.3, -0.25) is 0 Å². The minimum Gasteiger partial charge on any atom is -0.361 e. The number of nitrogens with one attached hydrogen (secondary N) is 2. The van der Waals surface area contributed by atoms with Crippen molar-refractivity contribution in [1.82, 2.24) is 10.3 Å². The number of hydrogen-bond donors (Lipinski definition) is 2. The van der Waals surface area contributed by atoms with E-state index in [1.807, 2.05) is 6.20 Å². The molecule has 2 nitrogen and oxygen atoms in total. The molecule has 1 fully saturated rings. The monoisotopic (exact) mass is 242 g/mol. The number of rotatable bonds is 4. The lowest BCUT2D eigenvalue weighted by molar-refractivity contribution is 0.315. The molecule has 2 aromatic rings. The van der Waals surface area contributed by atoms with E-state index in [0.29, 0.717) is 5.41 Å². The van der Waals surface area contributed by atoms with E-state index in [-0.39, 0.29) is 0 Å². The normalized spacial score (nSPS) is 18.5. The molecule has 1 aliphatic rings. The van der Waals surface area contributed by atoms with Crippen LogP contribution in [0.4, 0.5) is 0 Å². The zero-order valence-electron chi connectivity index (χ0n) is 11.1. The van der Waals surface area contributed by atoms with Gasteiger partial charge in [0.1, 0.15) is 0 Å². The average molecular weight is 242 g/mol. The summed E-state index contributed by atoms with van der Waals surface area (Å²) < 4.78 is 0. The molecular formula is C16H22N2. The maximum Gasteiger partial charge on any atom is 0.0457 e. The lowest BCUT2D eigenvalue weighted by Gasteiger charge is -2.23. The maximum absolute atomic E-state index is 3.65. The first kappa shape index (κ1) is 11.8.